The minimum atomic E-state index is 0.561. The zero-order valence-electron chi connectivity index (χ0n) is 10.4. The molecule has 2 saturated heterocycles. The largest absolute Gasteiger partial charge is 0.340 e. The van der Waals surface area contributed by atoms with E-state index in [4.69, 9.17) is 0 Å². The van der Waals surface area contributed by atoms with Crippen molar-refractivity contribution >= 4 is 0 Å². The van der Waals surface area contributed by atoms with Gasteiger partial charge in [0.05, 0.1) is 17.6 Å². The monoisotopic (exact) mass is 243 g/mol. The highest BCUT2D eigenvalue weighted by molar-refractivity contribution is 5.53. The van der Waals surface area contributed by atoms with Crippen LogP contribution in [-0.4, -0.2) is 31.8 Å². The lowest BCUT2D eigenvalue weighted by atomic mass is 9.89. The molecule has 2 N–H and O–H groups in total. The molecule has 2 bridgehead atoms. The molecule has 4 heterocycles. The molecule has 2 aliphatic rings. The van der Waals surface area contributed by atoms with Gasteiger partial charge < -0.3 is 10.3 Å². The van der Waals surface area contributed by atoms with Gasteiger partial charge >= 0.3 is 0 Å². The van der Waals surface area contributed by atoms with E-state index in [1.165, 1.54) is 19.3 Å². The van der Waals surface area contributed by atoms with Crippen LogP contribution in [-0.2, 0) is 7.05 Å². The number of aromatic nitrogens is 4. The van der Waals surface area contributed by atoms with Crippen LogP contribution in [0.1, 0.15) is 31.0 Å². The number of aromatic amines is 1. The lowest BCUT2D eigenvalue weighted by molar-refractivity contribution is 0.490. The van der Waals surface area contributed by atoms with Crippen molar-refractivity contribution in [3.05, 3.63) is 24.3 Å². The summed E-state index contributed by atoms with van der Waals surface area (Å²) >= 11 is 0. The second kappa shape index (κ2) is 3.68. The normalized spacial score (nSPS) is 30.2. The van der Waals surface area contributed by atoms with E-state index in [1.807, 2.05) is 30.2 Å². The van der Waals surface area contributed by atoms with Crippen molar-refractivity contribution in [2.24, 2.45) is 7.05 Å². The standard InChI is InChI=1S/C13H17N5/c1-18-12(4-5-15-18)11-7-14-13(17-11)9-6-8-2-3-10(9)16-8/h4-5,7-10,16H,2-3,6H2,1H3,(H,14,17). The van der Waals surface area contributed by atoms with Crippen LogP contribution in [0.3, 0.4) is 0 Å². The first-order valence-electron chi connectivity index (χ1n) is 6.60. The summed E-state index contributed by atoms with van der Waals surface area (Å²) in [6.45, 7) is 0. The molecule has 94 valence electrons. The molecule has 2 aromatic heterocycles. The highest BCUT2D eigenvalue weighted by atomic mass is 15.3. The predicted octanol–water partition coefficient (Wildman–Crippen LogP) is 1.42. The Morgan fingerprint density at radius 2 is 2.33 bits per heavy atom. The number of nitrogens with one attached hydrogen (secondary N) is 2. The predicted molar refractivity (Wildman–Crippen MR) is 68.1 cm³/mol. The molecule has 4 rings (SSSR count). The Balaban J connectivity index is 1.65. The van der Waals surface area contributed by atoms with Crippen molar-refractivity contribution in [3.63, 3.8) is 0 Å². The van der Waals surface area contributed by atoms with Crippen LogP contribution < -0.4 is 5.32 Å². The van der Waals surface area contributed by atoms with Crippen molar-refractivity contribution in [1.82, 2.24) is 25.1 Å². The zero-order chi connectivity index (χ0) is 12.1. The van der Waals surface area contributed by atoms with Gasteiger partial charge in [0.15, 0.2) is 0 Å². The minimum absolute atomic E-state index is 0.561. The van der Waals surface area contributed by atoms with E-state index in [0.29, 0.717) is 18.0 Å². The van der Waals surface area contributed by atoms with Gasteiger partial charge in [0.25, 0.3) is 0 Å². The number of imidazole rings is 1. The maximum Gasteiger partial charge on any atom is 0.111 e. The van der Waals surface area contributed by atoms with E-state index < -0.39 is 0 Å². The zero-order valence-corrected chi connectivity index (χ0v) is 10.4. The SMILES string of the molecule is Cn1nccc1-c1cnc(C2CC3CCC2N3)[nH]1. The van der Waals surface area contributed by atoms with Crippen LogP contribution in [0.4, 0.5) is 0 Å². The molecule has 0 spiro atoms. The molecule has 5 heteroatoms. The smallest absolute Gasteiger partial charge is 0.111 e. The van der Waals surface area contributed by atoms with E-state index in [0.717, 1.165) is 17.2 Å². The fourth-order valence-electron chi connectivity index (χ4n) is 3.42. The third-order valence-electron chi connectivity index (χ3n) is 4.34. The van der Waals surface area contributed by atoms with Gasteiger partial charge in [0, 0.05) is 31.2 Å². The molecule has 2 aromatic rings. The molecule has 18 heavy (non-hydrogen) atoms. The van der Waals surface area contributed by atoms with Gasteiger partial charge in [-0.2, -0.15) is 5.10 Å². The quantitative estimate of drug-likeness (QED) is 0.838. The van der Waals surface area contributed by atoms with Crippen molar-refractivity contribution in [3.8, 4) is 11.4 Å². The summed E-state index contributed by atoms with van der Waals surface area (Å²) in [4.78, 5) is 8.05. The number of aryl methyl sites for hydroxylation is 1. The number of rotatable bonds is 2. The number of H-pyrrole nitrogens is 1. The fraction of sp³-hybridized carbons (Fsp3) is 0.538. The molecule has 5 nitrogen and oxygen atoms in total. The molecule has 0 saturated carbocycles. The van der Waals surface area contributed by atoms with E-state index >= 15 is 0 Å². The molecule has 0 aromatic carbocycles. The maximum absolute atomic E-state index is 4.58. The van der Waals surface area contributed by atoms with Gasteiger partial charge in [-0.15, -0.1) is 0 Å². The van der Waals surface area contributed by atoms with Crippen LogP contribution in [0.2, 0.25) is 0 Å². The lowest BCUT2D eigenvalue weighted by Gasteiger charge is -2.17. The van der Waals surface area contributed by atoms with Gasteiger partial charge in [-0.1, -0.05) is 0 Å². The molecule has 3 atom stereocenters. The Bertz CT molecular complexity index is 569. The summed E-state index contributed by atoms with van der Waals surface area (Å²) in [6.07, 6.45) is 7.59. The van der Waals surface area contributed by atoms with E-state index in [1.54, 1.807) is 0 Å². The van der Waals surface area contributed by atoms with E-state index in [2.05, 4.69) is 20.4 Å². The third kappa shape index (κ3) is 1.43. The highest BCUT2D eigenvalue weighted by Crippen LogP contribution is 2.39. The van der Waals surface area contributed by atoms with Crippen molar-refractivity contribution < 1.29 is 0 Å². The Hall–Kier alpha value is -1.62. The van der Waals surface area contributed by atoms with Crippen LogP contribution in [0.15, 0.2) is 18.5 Å². The molecule has 0 aliphatic carbocycles. The summed E-state index contributed by atoms with van der Waals surface area (Å²) in [5.74, 6) is 1.69. The Morgan fingerprint density at radius 3 is 3.00 bits per heavy atom. The average molecular weight is 243 g/mol. The first-order valence-corrected chi connectivity index (χ1v) is 6.60. The Kier molecular flexibility index (Phi) is 2.11. The lowest BCUT2D eigenvalue weighted by Crippen LogP contribution is -2.22. The average Bonchev–Trinajstić information content (AvgIpc) is 3.12. The highest BCUT2D eigenvalue weighted by Gasteiger charge is 2.41. The Labute approximate surface area is 106 Å². The van der Waals surface area contributed by atoms with Gasteiger partial charge in [0.1, 0.15) is 5.82 Å². The Morgan fingerprint density at radius 1 is 1.39 bits per heavy atom. The summed E-state index contributed by atoms with van der Waals surface area (Å²) in [5, 5.41) is 7.85. The number of nitrogens with zero attached hydrogens (tertiary/aromatic N) is 3. The van der Waals surface area contributed by atoms with Crippen molar-refractivity contribution in [2.45, 2.75) is 37.3 Å². The number of hydrogen-bond donors (Lipinski definition) is 2. The molecule has 2 aliphatic heterocycles. The topological polar surface area (TPSA) is 58.5 Å². The molecule has 3 unspecified atom stereocenters. The van der Waals surface area contributed by atoms with Gasteiger partial charge in [0.2, 0.25) is 0 Å². The first kappa shape index (κ1) is 10.3. The van der Waals surface area contributed by atoms with Crippen molar-refractivity contribution in [2.75, 3.05) is 0 Å². The van der Waals surface area contributed by atoms with Crippen molar-refractivity contribution in [1.29, 1.82) is 0 Å². The summed E-state index contributed by atoms with van der Waals surface area (Å²) < 4.78 is 1.87. The summed E-state index contributed by atoms with van der Waals surface area (Å²) in [6, 6.07) is 3.35. The van der Waals surface area contributed by atoms with E-state index in [-0.39, 0.29) is 0 Å². The van der Waals surface area contributed by atoms with Gasteiger partial charge in [-0.25, -0.2) is 4.98 Å². The third-order valence-corrected chi connectivity index (χ3v) is 4.34. The van der Waals surface area contributed by atoms with E-state index in [9.17, 15) is 0 Å². The molecule has 0 radical (unpaired) electrons. The minimum Gasteiger partial charge on any atom is -0.340 e. The first-order chi connectivity index (χ1) is 8.81. The number of hydrogen-bond acceptors (Lipinski definition) is 3. The second-order valence-electron chi connectivity index (χ2n) is 5.41. The molecule has 2 fully saturated rings. The summed E-state index contributed by atoms with van der Waals surface area (Å²) in [5.41, 5.74) is 2.15. The number of fused-ring (bicyclic) bond motifs is 2. The summed E-state index contributed by atoms with van der Waals surface area (Å²) in [7, 11) is 1.95. The molecular weight excluding hydrogens is 226 g/mol. The maximum atomic E-state index is 4.58. The van der Waals surface area contributed by atoms with Crippen LogP contribution in [0, 0.1) is 0 Å². The van der Waals surface area contributed by atoms with Crippen LogP contribution >= 0.6 is 0 Å². The fourth-order valence-corrected chi connectivity index (χ4v) is 3.42. The van der Waals surface area contributed by atoms with Gasteiger partial charge in [-0.05, 0) is 25.3 Å². The van der Waals surface area contributed by atoms with Gasteiger partial charge in [-0.3, -0.25) is 4.68 Å². The van der Waals surface area contributed by atoms with Crippen LogP contribution in [0.5, 0.6) is 0 Å². The van der Waals surface area contributed by atoms with Crippen LogP contribution in [0.25, 0.3) is 11.4 Å². The second-order valence-corrected chi connectivity index (χ2v) is 5.41. The molecular formula is C13H17N5. The molecule has 0 amide bonds.